The molecule has 6 nitrogen and oxygen atoms in total. The van der Waals surface area contributed by atoms with Crippen molar-refractivity contribution in [1.82, 2.24) is 25.4 Å². The molecule has 17 heavy (non-hydrogen) atoms. The van der Waals surface area contributed by atoms with Gasteiger partial charge in [-0.25, -0.2) is 4.79 Å². The highest BCUT2D eigenvalue weighted by Gasteiger charge is 2.19. The average Bonchev–Trinajstić information content (AvgIpc) is 2.88. The number of aryl methyl sites for hydroxylation is 1. The number of hydrogen-bond donors (Lipinski definition) is 2. The largest absolute Gasteiger partial charge is 0.335 e. The zero-order valence-corrected chi connectivity index (χ0v) is 10.3. The van der Waals surface area contributed by atoms with Crippen LogP contribution in [0.5, 0.6) is 0 Å². The number of hydrogen-bond acceptors (Lipinski definition) is 3. The van der Waals surface area contributed by atoms with Crippen molar-refractivity contribution in [2.75, 3.05) is 0 Å². The van der Waals surface area contributed by atoms with E-state index in [1.54, 1.807) is 10.9 Å². The van der Waals surface area contributed by atoms with Crippen LogP contribution in [0.4, 0.5) is 4.79 Å². The molecule has 94 valence electrons. The second-order valence-corrected chi connectivity index (χ2v) is 4.62. The van der Waals surface area contributed by atoms with E-state index in [4.69, 9.17) is 0 Å². The van der Waals surface area contributed by atoms with Gasteiger partial charge in [0.05, 0.1) is 6.04 Å². The Bertz CT molecular complexity index is 383. The maximum atomic E-state index is 11.7. The van der Waals surface area contributed by atoms with Gasteiger partial charge in [-0.05, 0) is 19.8 Å². The van der Waals surface area contributed by atoms with Gasteiger partial charge in [0.25, 0.3) is 0 Å². The Labute approximate surface area is 101 Å². The molecule has 2 rings (SSSR count). The SMILES string of the molecule is CC(NC(=O)NC1CCCC1)c1nncn1C. The molecule has 0 radical (unpaired) electrons. The van der Waals surface area contributed by atoms with Crippen LogP contribution >= 0.6 is 0 Å². The van der Waals surface area contributed by atoms with Crippen LogP contribution in [0.1, 0.15) is 44.5 Å². The molecule has 1 aromatic heterocycles. The lowest BCUT2D eigenvalue weighted by Crippen LogP contribution is -2.42. The van der Waals surface area contributed by atoms with E-state index in [0.29, 0.717) is 6.04 Å². The molecule has 1 heterocycles. The number of carbonyl (C=O) groups excluding carboxylic acids is 1. The predicted molar refractivity (Wildman–Crippen MR) is 63.3 cm³/mol. The smallest absolute Gasteiger partial charge is 0.315 e. The van der Waals surface area contributed by atoms with Gasteiger partial charge >= 0.3 is 6.03 Å². The van der Waals surface area contributed by atoms with E-state index in [-0.39, 0.29) is 12.1 Å². The number of nitrogens with zero attached hydrogens (tertiary/aromatic N) is 3. The van der Waals surface area contributed by atoms with Gasteiger partial charge in [-0.1, -0.05) is 12.8 Å². The van der Waals surface area contributed by atoms with Crippen molar-refractivity contribution in [2.45, 2.75) is 44.7 Å². The number of amides is 2. The zero-order valence-electron chi connectivity index (χ0n) is 10.3. The summed E-state index contributed by atoms with van der Waals surface area (Å²) >= 11 is 0. The molecule has 2 amide bonds. The van der Waals surface area contributed by atoms with E-state index in [0.717, 1.165) is 18.7 Å². The average molecular weight is 237 g/mol. The first-order valence-corrected chi connectivity index (χ1v) is 6.07. The maximum Gasteiger partial charge on any atom is 0.315 e. The summed E-state index contributed by atoms with van der Waals surface area (Å²) < 4.78 is 1.81. The number of aromatic nitrogens is 3. The summed E-state index contributed by atoms with van der Waals surface area (Å²) in [5, 5.41) is 13.6. The number of urea groups is 1. The fraction of sp³-hybridized carbons (Fsp3) is 0.727. The van der Waals surface area contributed by atoms with Crippen LogP contribution in [0, 0.1) is 0 Å². The fourth-order valence-corrected chi connectivity index (χ4v) is 2.24. The molecule has 1 fully saturated rings. The van der Waals surface area contributed by atoms with E-state index in [9.17, 15) is 4.79 Å². The van der Waals surface area contributed by atoms with Gasteiger partial charge in [-0.15, -0.1) is 10.2 Å². The van der Waals surface area contributed by atoms with Gasteiger partial charge in [0, 0.05) is 13.1 Å². The molecule has 0 saturated heterocycles. The Kier molecular flexibility index (Phi) is 3.61. The van der Waals surface area contributed by atoms with Crippen molar-refractivity contribution >= 4 is 6.03 Å². The number of carbonyl (C=O) groups is 1. The Balaban J connectivity index is 1.83. The van der Waals surface area contributed by atoms with Crippen molar-refractivity contribution in [3.8, 4) is 0 Å². The minimum atomic E-state index is -0.135. The Morgan fingerprint density at radius 1 is 1.53 bits per heavy atom. The third-order valence-electron chi connectivity index (χ3n) is 3.17. The lowest BCUT2D eigenvalue weighted by atomic mass is 10.2. The minimum absolute atomic E-state index is 0.118. The number of rotatable bonds is 3. The highest BCUT2D eigenvalue weighted by molar-refractivity contribution is 5.74. The monoisotopic (exact) mass is 237 g/mol. The molecule has 0 aliphatic heterocycles. The molecule has 1 saturated carbocycles. The van der Waals surface area contributed by atoms with E-state index < -0.39 is 0 Å². The Hall–Kier alpha value is -1.59. The molecule has 1 atom stereocenters. The summed E-state index contributed by atoms with van der Waals surface area (Å²) in [4.78, 5) is 11.7. The van der Waals surface area contributed by atoms with Gasteiger partial charge in [0.1, 0.15) is 6.33 Å². The van der Waals surface area contributed by atoms with Crippen molar-refractivity contribution in [2.24, 2.45) is 7.05 Å². The van der Waals surface area contributed by atoms with Crippen molar-refractivity contribution < 1.29 is 4.79 Å². The van der Waals surface area contributed by atoms with Gasteiger partial charge in [0.2, 0.25) is 0 Å². The molecule has 1 aromatic rings. The third kappa shape index (κ3) is 2.95. The zero-order chi connectivity index (χ0) is 12.3. The lowest BCUT2D eigenvalue weighted by Gasteiger charge is -2.16. The van der Waals surface area contributed by atoms with E-state index in [2.05, 4.69) is 20.8 Å². The molecule has 1 aliphatic rings. The fourth-order valence-electron chi connectivity index (χ4n) is 2.24. The summed E-state index contributed by atoms with van der Waals surface area (Å²) in [6.45, 7) is 1.90. The van der Waals surface area contributed by atoms with Crippen LogP contribution in [0.3, 0.4) is 0 Å². The molecule has 6 heteroatoms. The first-order valence-electron chi connectivity index (χ1n) is 6.07. The number of nitrogens with one attached hydrogen (secondary N) is 2. The third-order valence-corrected chi connectivity index (χ3v) is 3.17. The van der Waals surface area contributed by atoms with Crippen LogP contribution < -0.4 is 10.6 Å². The Morgan fingerprint density at radius 3 is 2.82 bits per heavy atom. The molecule has 0 aromatic carbocycles. The molecule has 0 bridgehead atoms. The second-order valence-electron chi connectivity index (χ2n) is 4.62. The van der Waals surface area contributed by atoms with E-state index in [1.807, 2.05) is 14.0 Å². The highest BCUT2D eigenvalue weighted by Crippen LogP contribution is 2.17. The summed E-state index contributed by atoms with van der Waals surface area (Å²) in [5.41, 5.74) is 0. The highest BCUT2D eigenvalue weighted by atomic mass is 16.2. The van der Waals surface area contributed by atoms with Crippen LogP contribution in [0.25, 0.3) is 0 Å². The summed E-state index contributed by atoms with van der Waals surface area (Å²) in [6, 6.07) is 0.0815. The van der Waals surface area contributed by atoms with Crippen LogP contribution in [0.2, 0.25) is 0 Å². The summed E-state index contributed by atoms with van der Waals surface area (Å²) in [5.74, 6) is 0.756. The van der Waals surface area contributed by atoms with Crippen molar-refractivity contribution in [3.63, 3.8) is 0 Å². The molecular formula is C11H19N5O. The summed E-state index contributed by atoms with van der Waals surface area (Å²) in [7, 11) is 1.86. The van der Waals surface area contributed by atoms with Crippen LogP contribution in [-0.2, 0) is 7.05 Å². The van der Waals surface area contributed by atoms with Crippen LogP contribution in [-0.4, -0.2) is 26.8 Å². The topological polar surface area (TPSA) is 71.8 Å². The minimum Gasteiger partial charge on any atom is -0.335 e. The normalized spacial score (nSPS) is 18.0. The second kappa shape index (κ2) is 5.16. The van der Waals surface area contributed by atoms with E-state index in [1.165, 1.54) is 12.8 Å². The van der Waals surface area contributed by atoms with Gasteiger partial charge in [-0.2, -0.15) is 0 Å². The molecule has 1 aliphatic carbocycles. The summed E-state index contributed by atoms with van der Waals surface area (Å²) in [6.07, 6.45) is 6.23. The van der Waals surface area contributed by atoms with Gasteiger partial charge < -0.3 is 15.2 Å². The van der Waals surface area contributed by atoms with Crippen molar-refractivity contribution in [3.05, 3.63) is 12.2 Å². The van der Waals surface area contributed by atoms with Crippen molar-refractivity contribution in [1.29, 1.82) is 0 Å². The van der Waals surface area contributed by atoms with Gasteiger partial charge in [0.15, 0.2) is 5.82 Å². The molecule has 2 N–H and O–H groups in total. The standard InChI is InChI=1S/C11H19N5O/c1-8(10-15-12-7-16(10)2)13-11(17)14-9-5-3-4-6-9/h7-9H,3-6H2,1-2H3,(H2,13,14,17). The maximum absolute atomic E-state index is 11.7. The first kappa shape index (κ1) is 11.9. The quantitative estimate of drug-likeness (QED) is 0.827. The lowest BCUT2D eigenvalue weighted by molar-refractivity contribution is 0.233. The molecular weight excluding hydrogens is 218 g/mol. The van der Waals surface area contributed by atoms with E-state index >= 15 is 0 Å². The van der Waals surface area contributed by atoms with Crippen LogP contribution in [0.15, 0.2) is 6.33 Å². The Morgan fingerprint density at radius 2 is 2.24 bits per heavy atom. The van der Waals surface area contributed by atoms with Gasteiger partial charge in [-0.3, -0.25) is 0 Å². The predicted octanol–water partition coefficient (Wildman–Crippen LogP) is 1.12. The molecule has 1 unspecified atom stereocenters. The molecule has 0 spiro atoms. The first-order chi connectivity index (χ1) is 8.16.